The first-order chi connectivity index (χ1) is 7.81. The van der Waals surface area contributed by atoms with Gasteiger partial charge in [0, 0.05) is 0 Å². The molecule has 2 saturated heterocycles. The zero-order valence-corrected chi connectivity index (χ0v) is 10.3. The highest BCUT2D eigenvalue weighted by Gasteiger charge is 2.74. The molecule has 2 rings (SSSR count). The van der Waals surface area contributed by atoms with Gasteiger partial charge in [0.2, 0.25) is 5.91 Å². The fourth-order valence-corrected chi connectivity index (χ4v) is 4.43. The number of carbonyl (C=O) groups excluding carboxylic acids is 1. The molecule has 0 aromatic heterocycles. The second-order valence-electron chi connectivity index (χ2n) is 4.45. The first-order valence-corrected chi connectivity index (χ1v) is 6.16. The number of carboxylic acids is 2. The molecule has 2 atom stereocenters. The molecule has 17 heavy (non-hydrogen) atoms. The van der Waals surface area contributed by atoms with Crippen LogP contribution < -0.4 is 0 Å². The maximum absolute atomic E-state index is 11.5. The Kier molecular flexibility index (Phi) is 2.43. The van der Waals surface area contributed by atoms with Gasteiger partial charge in [0.1, 0.15) is 0 Å². The lowest BCUT2D eigenvalue weighted by Gasteiger charge is -2.43. The summed E-state index contributed by atoms with van der Waals surface area (Å²) in [5.41, 5.74) is -2.13. The minimum Gasteiger partial charge on any atom is -0.479 e. The SMILES string of the molecule is CCC1(C)SC2CC(=O)N2C1(C(=O)O)C(=O)O. The minimum absolute atomic E-state index is 0.225. The molecule has 2 fully saturated rings. The van der Waals surface area contributed by atoms with Crippen molar-refractivity contribution in [3.8, 4) is 0 Å². The number of carboxylic acid groups (broad SMARTS) is 2. The van der Waals surface area contributed by atoms with Crippen molar-refractivity contribution >= 4 is 29.6 Å². The van der Waals surface area contributed by atoms with Crippen molar-refractivity contribution < 1.29 is 24.6 Å². The zero-order chi connectivity index (χ0) is 13.0. The molecule has 1 amide bonds. The van der Waals surface area contributed by atoms with Crippen LogP contribution in [0.2, 0.25) is 0 Å². The fourth-order valence-electron chi connectivity index (χ4n) is 2.61. The van der Waals surface area contributed by atoms with Crippen LogP contribution in [0.5, 0.6) is 0 Å². The quantitative estimate of drug-likeness (QED) is 0.561. The molecule has 0 saturated carbocycles. The van der Waals surface area contributed by atoms with Crippen molar-refractivity contribution in [2.24, 2.45) is 0 Å². The summed E-state index contributed by atoms with van der Waals surface area (Å²) in [6.45, 7) is 3.34. The number of fused-ring (bicyclic) bond motifs is 1. The van der Waals surface area contributed by atoms with Crippen LogP contribution in [0.3, 0.4) is 0 Å². The Morgan fingerprint density at radius 2 is 2.00 bits per heavy atom. The van der Waals surface area contributed by atoms with E-state index in [4.69, 9.17) is 0 Å². The molecular formula is C10H13NO5S. The van der Waals surface area contributed by atoms with Crippen LogP contribution in [0.15, 0.2) is 0 Å². The molecule has 2 aliphatic rings. The van der Waals surface area contributed by atoms with E-state index in [1.54, 1.807) is 13.8 Å². The molecule has 6 nitrogen and oxygen atoms in total. The summed E-state index contributed by atoms with van der Waals surface area (Å²) in [6, 6.07) is 0. The third kappa shape index (κ3) is 1.15. The summed E-state index contributed by atoms with van der Waals surface area (Å²) in [5.74, 6) is -3.32. The fraction of sp³-hybridized carbons (Fsp3) is 0.700. The molecule has 2 unspecified atom stereocenters. The van der Waals surface area contributed by atoms with E-state index in [9.17, 15) is 24.6 Å². The number of amides is 1. The second-order valence-corrected chi connectivity index (χ2v) is 6.13. The highest BCUT2D eigenvalue weighted by Crippen LogP contribution is 2.58. The van der Waals surface area contributed by atoms with Gasteiger partial charge in [0.25, 0.3) is 5.54 Å². The van der Waals surface area contributed by atoms with E-state index in [0.717, 1.165) is 4.90 Å². The third-order valence-electron chi connectivity index (χ3n) is 3.72. The van der Waals surface area contributed by atoms with Gasteiger partial charge in [-0.25, -0.2) is 9.59 Å². The second kappa shape index (κ2) is 3.38. The van der Waals surface area contributed by atoms with Crippen molar-refractivity contribution in [2.45, 2.75) is 42.3 Å². The molecule has 2 heterocycles. The number of aliphatic carboxylic acids is 2. The van der Waals surface area contributed by atoms with Gasteiger partial charge in [0.05, 0.1) is 16.5 Å². The van der Waals surface area contributed by atoms with Crippen LogP contribution in [-0.2, 0) is 14.4 Å². The lowest BCUT2D eigenvalue weighted by Crippen LogP contribution is -2.71. The van der Waals surface area contributed by atoms with Gasteiger partial charge in [0.15, 0.2) is 0 Å². The van der Waals surface area contributed by atoms with Crippen LogP contribution in [-0.4, -0.2) is 48.6 Å². The number of rotatable bonds is 3. The molecule has 0 aromatic carbocycles. The maximum atomic E-state index is 11.5. The standard InChI is InChI=1S/C10H13NO5S/c1-3-9(2)10(7(13)14,8(15)16)11-5(12)4-6(11)17-9/h6H,3-4H2,1-2H3,(H,13,14)(H,15,16). The van der Waals surface area contributed by atoms with Crippen molar-refractivity contribution in [3.05, 3.63) is 0 Å². The van der Waals surface area contributed by atoms with Crippen LogP contribution >= 0.6 is 11.8 Å². The monoisotopic (exact) mass is 259 g/mol. The summed E-state index contributed by atoms with van der Waals surface area (Å²) < 4.78 is -0.999. The molecule has 2 aliphatic heterocycles. The first kappa shape index (κ1) is 12.2. The number of hydrogen-bond donors (Lipinski definition) is 2. The summed E-state index contributed by atoms with van der Waals surface area (Å²) in [5, 5.41) is 18.4. The van der Waals surface area contributed by atoms with E-state index in [2.05, 4.69) is 0 Å². The number of nitrogens with zero attached hydrogens (tertiary/aromatic N) is 1. The van der Waals surface area contributed by atoms with Gasteiger partial charge in [-0.3, -0.25) is 4.79 Å². The molecule has 0 aromatic rings. The molecule has 0 bridgehead atoms. The Labute approximate surface area is 102 Å². The van der Waals surface area contributed by atoms with Gasteiger partial charge in [-0.2, -0.15) is 0 Å². The number of β-lactam (4-membered cyclic amide) rings is 1. The van der Waals surface area contributed by atoms with Crippen molar-refractivity contribution in [1.82, 2.24) is 4.90 Å². The van der Waals surface area contributed by atoms with Gasteiger partial charge >= 0.3 is 11.9 Å². The Morgan fingerprint density at radius 3 is 2.35 bits per heavy atom. The smallest absolute Gasteiger partial charge is 0.343 e. The molecular weight excluding hydrogens is 246 g/mol. The highest BCUT2D eigenvalue weighted by atomic mass is 32.2. The van der Waals surface area contributed by atoms with Crippen molar-refractivity contribution in [2.75, 3.05) is 0 Å². The minimum atomic E-state index is -2.13. The number of carbonyl (C=O) groups is 3. The van der Waals surface area contributed by atoms with E-state index >= 15 is 0 Å². The molecule has 94 valence electrons. The van der Waals surface area contributed by atoms with Gasteiger partial charge < -0.3 is 15.1 Å². The number of thioether (sulfide) groups is 1. The Bertz CT molecular complexity index is 409. The van der Waals surface area contributed by atoms with Crippen LogP contribution in [0.4, 0.5) is 0 Å². The Morgan fingerprint density at radius 1 is 1.47 bits per heavy atom. The van der Waals surface area contributed by atoms with Gasteiger partial charge in [-0.15, -0.1) is 11.8 Å². The molecule has 0 spiro atoms. The van der Waals surface area contributed by atoms with Crippen LogP contribution in [0.25, 0.3) is 0 Å². The lowest BCUT2D eigenvalue weighted by molar-refractivity contribution is -0.180. The van der Waals surface area contributed by atoms with E-state index in [1.165, 1.54) is 11.8 Å². The van der Waals surface area contributed by atoms with Gasteiger partial charge in [-0.05, 0) is 13.3 Å². The predicted molar refractivity (Wildman–Crippen MR) is 59.5 cm³/mol. The number of hydrogen-bond acceptors (Lipinski definition) is 4. The average Bonchev–Trinajstić information content (AvgIpc) is 2.44. The molecule has 0 radical (unpaired) electrons. The third-order valence-corrected chi connectivity index (χ3v) is 5.48. The summed E-state index contributed by atoms with van der Waals surface area (Å²) in [7, 11) is 0. The predicted octanol–water partition coefficient (Wildman–Crippen LogP) is 0.368. The zero-order valence-electron chi connectivity index (χ0n) is 9.47. The maximum Gasteiger partial charge on any atom is 0.343 e. The van der Waals surface area contributed by atoms with Crippen molar-refractivity contribution in [3.63, 3.8) is 0 Å². The summed E-state index contributed by atoms with van der Waals surface area (Å²) >= 11 is 1.27. The Balaban J connectivity index is 2.62. The first-order valence-electron chi connectivity index (χ1n) is 5.28. The lowest BCUT2D eigenvalue weighted by atomic mass is 9.79. The van der Waals surface area contributed by atoms with E-state index in [1.807, 2.05) is 0 Å². The van der Waals surface area contributed by atoms with Crippen molar-refractivity contribution in [1.29, 1.82) is 0 Å². The molecule has 7 heteroatoms. The average molecular weight is 259 g/mol. The summed E-state index contributed by atoms with van der Waals surface area (Å²) in [6.07, 6.45) is 0.596. The largest absolute Gasteiger partial charge is 0.479 e. The molecule has 0 aliphatic carbocycles. The normalized spacial score (nSPS) is 34.1. The van der Waals surface area contributed by atoms with Crippen LogP contribution in [0, 0.1) is 0 Å². The van der Waals surface area contributed by atoms with Crippen LogP contribution in [0.1, 0.15) is 26.7 Å². The highest BCUT2D eigenvalue weighted by molar-refractivity contribution is 8.01. The topological polar surface area (TPSA) is 94.9 Å². The summed E-state index contributed by atoms with van der Waals surface area (Å²) in [4.78, 5) is 35.5. The van der Waals surface area contributed by atoms with E-state index in [0.29, 0.717) is 6.42 Å². The Hall–Kier alpha value is -1.24. The van der Waals surface area contributed by atoms with E-state index in [-0.39, 0.29) is 11.8 Å². The molecule has 2 N–H and O–H groups in total. The van der Waals surface area contributed by atoms with Gasteiger partial charge in [-0.1, -0.05) is 6.92 Å². The van der Waals surface area contributed by atoms with E-state index < -0.39 is 28.1 Å².